The van der Waals surface area contributed by atoms with Crippen LogP contribution in [0.15, 0.2) is 30.1 Å². The number of aromatic nitrogens is 1. The standard InChI is InChI=1S/C18H18FNO/c1-3-11-6-10(2)20-16-5-4-12(7-14(11)16)15-8-13-9-17(21-13)18(15)19/h4-7,13,17H,3,8-9H2,1-2H3. The Hall–Kier alpha value is -1.74. The van der Waals surface area contributed by atoms with Gasteiger partial charge in [0.2, 0.25) is 0 Å². The van der Waals surface area contributed by atoms with Crippen LogP contribution in [-0.2, 0) is 11.2 Å². The van der Waals surface area contributed by atoms with Gasteiger partial charge in [0.1, 0.15) is 11.9 Å². The molecule has 3 heteroatoms. The van der Waals surface area contributed by atoms with Gasteiger partial charge in [-0.1, -0.05) is 13.0 Å². The third-order valence-corrected chi connectivity index (χ3v) is 4.59. The molecule has 0 radical (unpaired) electrons. The highest BCUT2D eigenvalue weighted by Gasteiger charge is 2.41. The third-order valence-electron chi connectivity index (χ3n) is 4.59. The van der Waals surface area contributed by atoms with E-state index in [0.717, 1.165) is 40.6 Å². The minimum Gasteiger partial charge on any atom is -0.367 e. The summed E-state index contributed by atoms with van der Waals surface area (Å²) in [6.07, 6.45) is 2.40. The summed E-state index contributed by atoms with van der Waals surface area (Å²) < 4.78 is 19.8. The van der Waals surface area contributed by atoms with Crippen molar-refractivity contribution in [3.8, 4) is 0 Å². The maximum Gasteiger partial charge on any atom is 0.133 e. The molecule has 21 heavy (non-hydrogen) atoms. The van der Waals surface area contributed by atoms with Crippen molar-refractivity contribution in [1.29, 1.82) is 0 Å². The van der Waals surface area contributed by atoms with Crippen molar-refractivity contribution in [3.05, 3.63) is 46.9 Å². The molecule has 1 fully saturated rings. The third kappa shape index (κ3) is 1.99. The van der Waals surface area contributed by atoms with Gasteiger partial charge in [-0.25, -0.2) is 4.39 Å². The molecule has 5 rings (SSSR count). The lowest BCUT2D eigenvalue weighted by atomic mass is 9.84. The molecule has 108 valence electrons. The lowest BCUT2D eigenvalue weighted by Crippen LogP contribution is -2.42. The number of ether oxygens (including phenoxy) is 1. The molecule has 0 spiro atoms. The molecule has 2 aromatic rings. The SMILES string of the molecule is CCc1cc(C)nc2ccc(C3=C(F)C4CC(C3)O4)cc12. The van der Waals surface area contributed by atoms with E-state index in [2.05, 4.69) is 24.0 Å². The predicted octanol–water partition coefficient (Wildman–Crippen LogP) is 4.35. The zero-order valence-electron chi connectivity index (χ0n) is 12.3. The quantitative estimate of drug-likeness (QED) is 0.817. The van der Waals surface area contributed by atoms with E-state index < -0.39 is 0 Å². The van der Waals surface area contributed by atoms with E-state index >= 15 is 0 Å². The molecule has 0 saturated carbocycles. The molecule has 3 heterocycles. The first-order valence-corrected chi connectivity index (χ1v) is 7.60. The second kappa shape index (κ2) is 4.63. The average molecular weight is 283 g/mol. The van der Waals surface area contributed by atoms with Gasteiger partial charge in [0.05, 0.1) is 11.6 Å². The molecule has 0 amide bonds. The molecular weight excluding hydrogens is 265 g/mol. The summed E-state index contributed by atoms with van der Waals surface area (Å²) >= 11 is 0. The van der Waals surface area contributed by atoms with Crippen LogP contribution in [0.1, 0.15) is 36.6 Å². The van der Waals surface area contributed by atoms with Crippen LogP contribution in [0.5, 0.6) is 0 Å². The average Bonchev–Trinajstić information content (AvgIpc) is 2.45. The molecule has 2 aliphatic heterocycles. The van der Waals surface area contributed by atoms with Gasteiger partial charge in [0.25, 0.3) is 0 Å². The number of nitrogens with zero attached hydrogens (tertiary/aromatic N) is 1. The predicted molar refractivity (Wildman–Crippen MR) is 81.8 cm³/mol. The summed E-state index contributed by atoms with van der Waals surface area (Å²) in [4.78, 5) is 4.58. The molecule has 1 aliphatic carbocycles. The van der Waals surface area contributed by atoms with Gasteiger partial charge in [0.15, 0.2) is 0 Å². The zero-order chi connectivity index (χ0) is 14.6. The van der Waals surface area contributed by atoms with E-state index in [1.165, 1.54) is 5.56 Å². The monoisotopic (exact) mass is 283 g/mol. The molecule has 2 unspecified atom stereocenters. The molecular formula is C18H18FNO. The van der Waals surface area contributed by atoms with Gasteiger partial charge >= 0.3 is 0 Å². The van der Waals surface area contributed by atoms with Crippen molar-refractivity contribution in [3.63, 3.8) is 0 Å². The maximum absolute atomic E-state index is 14.4. The summed E-state index contributed by atoms with van der Waals surface area (Å²) in [6, 6.07) is 8.23. The topological polar surface area (TPSA) is 22.1 Å². The summed E-state index contributed by atoms with van der Waals surface area (Å²) in [6.45, 7) is 4.16. The van der Waals surface area contributed by atoms with Gasteiger partial charge in [-0.3, -0.25) is 4.98 Å². The van der Waals surface area contributed by atoms with E-state index in [4.69, 9.17) is 4.74 Å². The first-order valence-electron chi connectivity index (χ1n) is 7.60. The van der Waals surface area contributed by atoms with E-state index in [0.29, 0.717) is 6.42 Å². The molecule has 2 bridgehead atoms. The van der Waals surface area contributed by atoms with E-state index in [9.17, 15) is 4.39 Å². The minimum absolute atomic E-state index is 0.0741. The Morgan fingerprint density at radius 1 is 1.33 bits per heavy atom. The minimum atomic E-state index is -0.295. The molecule has 2 nitrogen and oxygen atoms in total. The van der Waals surface area contributed by atoms with E-state index in [1.807, 2.05) is 19.1 Å². The van der Waals surface area contributed by atoms with Crippen molar-refractivity contribution >= 4 is 16.5 Å². The van der Waals surface area contributed by atoms with Crippen molar-refractivity contribution in [1.82, 2.24) is 4.98 Å². The highest BCUT2D eigenvalue weighted by molar-refractivity contribution is 5.87. The fourth-order valence-electron chi connectivity index (χ4n) is 3.45. The van der Waals surface area contributed by atoms with Crippen LogP contribution >= 0.6 is 0 Å². The van der Waals surface area contributed by atoms with Crippen molar-refractivity contribution in [2.75, 3.05) is 0 Å². The van der Waals surface area contributed by atoms with Crippen LogP contribution < -0.4 is 0 Å². The number of benzene rings is 1. The van der Waals surface area contributed by atoms with Crippen LogP contribution in [0.3, 0.4) is 0 Å². The summed E-state index contributed by atoms with van der Waals surface area (Å²) in [5.41, 5.74) is 5.11. The molecule has 2 atom stereocenters. The Morgan fingerprint density at radius 3 is 2.86 bits per heavy atom. The Bertz CT molecular complexity index is 759. The first kappa shape index (κ1) is 13.0. The van der Waals surface area contributed by atoms with Gasteiger partial charge < -0.3 is 4.74 Å². The number of hydrogen-bond donors (Lipinski definition) is 0. The Morgan fingerprint density at radius 2 is 2.14 bits per heavy atom. The lowest BCUT2D eigenvalue weighted by molar-refractivity contribution is -0.117. The highest BCUT2D eigenvalue weighted by atomic mass is 19.1. The van der Waals surface area contributed by atoms with Gasteiger partial charge in [-0.15, -0.1) is 0 Å². The number of rotatable bonds is 2. The maximum atomic E-state index is 14.4. The van der Waals surface area contributed by atoms with E-state index in [1.54, 1.807) is 0 Å². The lowest BCUT2D eigenvalue weighted by Gasteiger charge is -2.41. The Labute approximate surface area is 123 Å². The Balaban J connectivity index is 1.87. The number of pyridine rings is 1. The van der Waals surface area contributed by atoms with Gasteiger partial charge in [0, 0.05) is 23.9 Å². The highest BCUT2D eigenvalue weighted by Crippen LogP contribution is 2.44. The molecule has 0 N–H and O–H groups in total. The second-order valence-electron chi connectivity index (χ2n) is 6.02. The summed E-state index contributed by atoms with van der Waals surface area (Å²) in [7, 11) is 0. The van der Waals surface area contributed by atoms with Crippen LogP contribution in [0.4, 0.5) is 4.39 Å². The Kier molecular flexibility index (Phi) is 2.86. The van der Waals surface area contributed by atoms with Crippen LogP contribution in [0.25, 0.3) is 16.5 Å². The number of hydrogen-bond acceptors (Lipinski definition) is 2. The van der Waals surface area contributed by atoms with Crippen molar-refractivity contribution in [2.24, 2.45) is 0 Å². The first-order chi connectivity index (χ1) is 10.2. The fraction of sp³-hybridized carbons (Fsp3) is 0.389. The van der Waals surface area contributed by atoms with Crippen LogP contribution in [0.2, 0.25) is 0 Å². The van der Waals surface area contributed by atoms with Gasteiger partial charge in [-0.2, -0.15) is 0 Å². The molecule has 1 saturated heterocycles. The largest absolute Gasteiger partial charge is 0.367 e. The number of aryl methyl sites for hydroxylation is 2. The molecule has 1 aromatic carbocycles. The second-order valence-corrected chi connectivity index (χ2v) is 6.02. The zero-order valence-corrected chi connectivity index (χ0v) is 12.3. The summed E-state index contributed by atoms with van der Waals surface area (Å²) in [5.74, 6) is -0.0741. The van der Waals surface area contributed by atoms with Crippen LogP contribution in [-0.4, -0.2) is 17.2 Å². The number of fused-ring (bicyclic) bond motifs is 2. The van der Waals surface area contributed by atoms with Crippen LogP contribution in [0, 0.1) is 6.92 Å². The molecule has 3 aliphatic rings. The van der Waals surface area contributed by atoms with Gasteiger partial charge in [-0.05, 0) is 48.2 Å². The molecule has 1 aromatic heterocycles. The smallest absolute Gasteiger partial charge is 0.133 e. The summed E-state index contributed by atoms with van der Waals surface area (Å²) in [5, 5.41) is 1.14. The van der Waals surface area contributed by atoms with Crippen molar-refractivity contribution < 1.29 is 9.13 Å². The van der Waals surface area contributed by atoms with E-state index in [-0.39, 0.29) is 18.0 Å². The fourth-order valence-corrected chi connectivity index (χ4v) is 3.45. The number of halogens is 1. The normalized spacial score (nSPS) is 24.3. The van der Waals surface area contributed by atoms with Crippen molar-refractivity contribution in [2.45, 2.75) is 45.3 Å².